The second-order valence-electron chi connectivity index (χ2n) is 4.50. The van der Waals surface area contributed by atoms with Crippen LogP contribution in [0.3, 0.4) is 0 Å². The van der Waals surface area contributed by atoms with E-state index >= 15 is 0 Å². The van der Waals surface area contributed by atoms with Crippen LogP contribution in [-0.2, 0) is 10.0 Å². The van der Waals surface area contributed by atoms with E-state index < -0.39 is 10.0 Å². The van der Waals surface area contributed by atoms with Crippen molar-refractivity contribution in [3.8, 4) is 6.07 Å². The molecule has 0 aromatic heterocycles. The summed E-state index contributed by atoms with van der Waals surface area (Å²) in [5.41, 5.74) is 2.54. The highest BCUT2D eigenvalue weighted by Crippen LogP contribution is 2.24. The molecule has 0 atom stereocenters. The first-order valence-electron chi connectivity index (χ1n) is 6.03. The molecule has 2 aromatic carbocycles. The number of nitrogens with zero attached hydrogens (tertiary/aromatic N) is 1. The molecule has 0 aliphatic rings. The fourth-order valence-corrected chi connectivity index (χ4v) is 2.97. The third-order valence-corrected chi connectivity index (χ3v) is 4.48. The average molecular weight is 286 g/mol. The van der Waals surface area contributed by atoms with Crippen molar-refractivity contribution in [3.05, 3.63) is 59.2 Å². The maximum absolute atomic E-state index is 12.3. The van der Waals surface area contributed by atoms with Gasteiger partial charge in [0.1, 0.15) is 0 Å². The Hall–Kier alpha value is -2.32. The number of aryl methyl sites for hydroxylation is 1. The van der Waals surface area contributed by atoms with Crippen molar-refractivity contribution in [2.24, 2.45) is 0 Å². The fraction of sp³-hybridized carbons (Fsp3) is 0.133. The van der Waals surface area contributed by atoms with Gasteiger partial charge in [0.2, 0.25) is 0 Å². The van der Waals surface area contributed by atoms with Crippen molar-refractivity contribution in [1.29, 1.82) is 5.26 Å². The van der Waals surface area contributed by atoms with Crippen molar-refractivity contribution in [3.63, 3.8) is 0 Å². The van der Waals surface area contributed by atoms with Crippen molar-refractivity contribution in [1.82, 2.24) is 0 Å². The Balaban J connectivity index is 2.45. The van der Waals surface area contributed by atoms with Crippen LogP contribution in [0.25, 0.3) is 0 Å². The Labute approximate surface area is 118 Å². The van der Waals surface area contributed by atoms with Crippen LogP contribution >= 0.6 is 0 Å². The minimum Gasteiger partial charge on any atom is -0.279 e. The number of benzene rings is 2. The topological polar surface area (TPSA) is 70.0 Å². The molecule has 0 unspecified atom stereocenters. The van der Waals surface area contributed by atoms with Crippen LogP contribution < -0.4 is 4.72 Å². The molecule has 0 aliphatic heterocycles. The quantitative estimate of drug-likeness (QED) is 0.943. The highest BCUT2D eigenvalue weighted by Gasteiger charge is 2.15. The van der Waals surface area contributed by atoms with Crippen LogP contribution in [0.1, 0.15) is 16.7 Å². The van der Waals surface area contributed by atoms with Gasteiger partial charge in [-0.15, -0.1) is 0 Å². The average Bonchev–Trinajstić information content (AvgIpc) is 2.44. The van der Waals surface area contributed by atoms with Crippen LogP contribution in [-0.4, -0.2) is 8.42 Å². The zero-order chi connectivity index (χ0) is 14.8. The number of nitrogens with one attached hydrogen (secondary N) is 1. The van der Waals surface area contributed by atoms with E-state index in [1.165, 1.54) is 12.1 Å². The Morgan fingerprint density at radius 3 is 2.35 bits per heavy atom. The second-order valence-corrected chi connectivity index (χ2v) is 6.18. The van der Waals surface area contributed by atoms with Crippen molar-refractivity contribution >= 4 is 15.7 Å². The van der Waals surface area contributed by atoms with E-state index in [9.17, 15) is 8.42 Å². The van der Waals surface area contributed by atoms with Crippen molar-refractivity contribution < 1.29 is 8.42 Å². The molecule has 0 bridgehead atoms. The first kappa shape index (κ1) is 14.1. The highest BCUT2D eigenvalue weighted by molar-refractivity contribution is 7.92. The van der Waals surface area contributed by atoms with Gasteiger partial charge in [0.05, 0.1) is 22.2 Å². The molecular formula is C15H14N2O2S. The molecule has 4 nitrogen and oxygen atoms in total. The first-order valence-corrected chi connectivity index (χ1v) is 7.51. The summed E-state index contributed by atoms with van der Waals surface area (Å²) in [5.74, 6) is 0. The molecule has 2 rings (SSSR count). The van der Waals surface area contributed by atoms with Gasteiger partial charge in [-0.1, -0.05) is 18.2 Å². The molecule has 0 radical (unpaired) electrons. The van der Waals surface area contributed by atoms with Gasteiger partial charge in [-0.05, 0) is 49.2 Å². The van der Waals surface area contributed by atoms with E-state index in [4.69, 9.17) is 5.26 Å². The summed E-state index contributed by atoms with van der Waals surface area (Å²) in [4.78, 5) is 0.194. The van der Waals surface area contributed by atoms with E-state index in [1.807, 2.05) is 19.9 Å². The standard InChI is InChI=1S/C15H14N2O2S/c1-11-8-13(10-16)9-15(12(11)2)17-20(18,19)14-6-4-3-5-7-14/h3-9,17H,1-2H3. The highest BCUT2D eigenvalue weighted by atomic mass is 32.2. The Kier molecular flexibility index (Phi) is 3.77. The minimum absolute atomic E-state index is 0.194. The summed E-state index contributed by atoms with van der Waals surface area (Å²) in [6, 6.07) is 13.4. The van der Waals surface area contributed by atoms with Gasteiger partial charge in [0, 0.05) is 0 Å². The second kappa shape index (κ2) is 5.35. The van der Waals surface area contributed by atoms with Gasteiger partial charge >= 0.3 is 0 Å². The number of nitriles is 1. The van der Waals surface area contributed by atoms with Crippen LogP contribution in [0.15, 0.2) is 47.4 Å². The normalized spacial score (nSPS) is 10.8. The monoisotopic (exact) mass is 286 g/mol. The van der Waals surface area contributed by atoms with E-state index in [2.05, 4.69) is 4.72 Å². The van der Waals surface area contributed by atoms with E-state index in [1.54, 1.807) is 30.3 Å². The summed E-state index contributed by atoms with van der Waals surface area (Å²) in [6.45, 7) is 3.66. The molecule has 5 heteroatoms. The molecule has 0 heterocycles. The molecule has 0 fully saturated rings. The lowest BCUT2D eigenvalue weighted by atomic mass is 10.1. The third-order valence-electron chi connectivity index (χ3n) is 3.09. The summed E-state index contributed by atoms with van der Waals surface area (Å²) in [7, 11) is -3.64. The maximum Gasteiger partial charge on any atom is 0.261 e. The zero-order valence-corrected chi connectivity index (χ0v) is 12.0. The minimum atomic E-state index is -3.64. The Morgan fingerprint density at radius 1 is 1.10 bits per heavy atom. The number of hydrogen-bond acceptors (Lipinski definition) is 3. The SMILES string of the molecule is Cc1cc(C#N)cc(NS(=O)(=O)c2ccccc2)c1C. The number of hydrogen-bond donors (Lipinski definition) is 1. The first-order chi connectivity index (χ1) is 9.44. The van der Waals surface area contributed by atoms with Gasteiger partial charge in [0.25, 0.3) is 10.0 Å². The fourth-order valence-electron chi connectivity index (χ4n) is 1.83. The summed E-state index contributed by atoms with van der Waals surface area (Å²) in [6.07, 6.45) is 0. The smallest absolute Gasteiger partial charge is 0.261 e. The van der Waals surface area contributed by atoms with E-state index in [-0.39, 0.29) is 4.90 Å². The molecule has 0 spiro atoms. The van der Waals surface area contributed by atoms with Gasteiger partial charge in [-0.25, -0.2) is 8.42 Å². The van der Waals surface area contributed by atoms with Gasteiger partial charge in [0.15, 0.2) is 0 Å². The van der Waals surface area contributed by atoms with Crippen LogP contribution in [0, 0.1) is 25.2 Å². The molecule has 0 amide bonds. The Bertz CT molecular complexity index is 776. The van der Waals surface area contributed by atoms with Crippen LogP contribution in [0.5, 0.6) is 0 Å². The lowest BCUT2D eigenvalue weighted by Gasteiger charge is -2.12. The van der Waals surface area contributed by atoms with Crippen molar-refractivity contribution in [2.75, 3.05) is 4.72 Å². The molecule has 0 saturated heterocycles. The van der Waals surface area contributed by atoms with Crippen LogP contribution in [0.2, 0.25) is 0 Å². The van der Waals surface area contributed by atoms with E-state index in [0.29, 0.717) is 11.3 Å². The summed E-state index contributed by atoms with van der Waals surface area (Å²) >= 11 is 0. The number of rotatable bonds is 3. The predicted molar refractivity (Wildman–Crippen MR) is 77.9 cm³/mol. The molecular weight excluding hydrogens is 272 g/mol. The molecule has 20 heavy (non-hydrogen) atoms. The molecule has 1 N–H and O–H groups in total. The van der Waals surface area contributed by atoms with Gasteiger partial charge in [-0.3, -0.25) is 4.72 Å². The van der Waals surface area contributed by atoms with Gasteiger partial charge < -0.3 is 0 Å². The predicted octanol–water partition coefficient (Wildman–Crippen LogP) is 2.98. The van der Waals surface area contributed by atoms with Gasteiger partial charge in [-0.2, -0.15) is 5.26 Å². The van der Waals surface area contributed by atoms with E-state index in [0.717, 1.165) is 11.1 Å². The molecule has 102 valence electrons. The third kappa shape index (κ3) is 2.81. The molecule has 0 saturated carbocycles. The molecule has 0 aliphatic carbocycles. The Morgan fingerprint density at radius 2 is 1.75 bits per heavy atom. The lowest BCUT2D eigenvalue weighted by molar-refractivity contribution is 0.601. The number of anilines is 1. The van der Waals surface area contributed by atoms with Crippen molar-refractivity contribution in [2.45, 2.75) is 18.7 Å². The zero-order valence-electron chi connectivity index (χ0n) is 11.2. The summed E-state index contributed by atoms with van der Waals surface area (Å²) in [5, 5.41) is 8.97. The maximum atomic E-state index is 12.3. The largest absolute Gasteiger partial charge is 0.279 e. The number of sulfonamides is 1. The molecule has 2 aromatic rings. The lowest BCUT2D eigenvalue weighted by Crippen LogP contribution is -2.14. The van der Waals surface area contributed by atoms with Crippen LogP contribution in [0.4, 0.5) is 5.69 Å². The summed E-state index contributed by atoms with van der Waals surface area (Å²) < 4.78 is 27.1.